The number of halogens is 3. The van der Waals surface area contributed by atoms with Gasteiger partial charge < -0.3 is 4.90 Å². The minimum atomic E-state index is -4.34. The summed E-state index contributed by atoms with van der Waals surface area (Å²) in [6, 6.07) is 12.8. The number of carbonyl (C=O) groups is 1. The van der Waals surface area contributed by atoms with E-state index in [0.29, 0.717) is 6.42 Å². The van der Waals surface area contributed by atoms with E-state index < -0.39 is 17.2 Å². The van der Waals surface area contributed by atoms with E-state index in [9.17, 15) is 18.0 Å². The lowest BCUT2D eigenvalue weighted by Crippen LogP contribution is -2.29. The average molecular weight is 317 g/mol. The van der Waals surface area contributed by atoms with Crippen molar-refractivity contribution in [3.63, 3.8) is 0 Å². The Hall–Kier alpha value is -2.30. The first-order chi connectivity index (χ1) is 10.9. The van der Waals surface area contributed by atoms with E-state index in [0.717, 1.165) is 28.9 Å². The molecule has 0 unspecified atom stereocenters. The molecule has 5 heteroatoms. The van der Waals surface area contributed by atoms with Crippen LogP contribution in [0.5, 0.6) is 0 Å². The Labute approximate surface area is 131 Å². The summed E-state index contributed by atoms with van der Waals surface area (Å²) in [7, 11) is 1.75. The molecule has 1 aliphatic carbocycles. The molecule has 2 aliphatic rings. The molecule has 1 spiro atoms. The zero-order chi connectivity index (χ0) is 16.4. The number of carbonyl (C=O) groups excluding carboxylic acids is 1. The number of hydrogen-bond acceptors (Lipinski definition) is 1. The lowest BCUT2D eigenvalue weighted by molar-refractivity contribution is -0.137. The zero-order valence-electron chi connectivity index (χ0n) is 12.4. The number of rotatable bonds is 1. The van der Waals surface area contributed by atoms with Gasteiger partial charge in [0.2, 0.25) is 5.91 Å². The van der Waals surface area contributed by atoms with Crippen LogP contribution in [-0.2, 0) is 16.4 Å². The van der Waals surface area contributed by atoms with Crippen molar-refractivity contribution < 1.29 is 18.0 Å². The fourth-order valence-electron chi connectivity index (χ4n) is 3.77. The van der Waals surface area contributed by atoms with Crippen LogP contribution in [0.3, 0.4) is 0 Å². The lowest BCUT2D eigenvalue weighted by atomic mass is 9.92. The van der Waals surface area contributed by atoms with Gasteiger partial charge in [-0.15, -0.1) is 0 Å². The van der Waals surface area contributed by atoms with Crippen LogP contribution in [0.4, 0.5) is 18.9 Å². The number of benzene rings is 2. The summed E-state index contributed by atoms with van der Waals surface area (Å²) in [6.07, 6.45) is -3.69. The first-order valence-electron chi connectivity index (χ1n) is 7.40. The van der Waals surface area contributed by atoms with Crippen molar-refractivity contribution in [2.75, 3.05) is 11.9 Å². The Morgan fingerprint density at radius 1 is 1.09 bits per heavy atom. The first-order valence-corrected chi connectivity index (χ1v) is 7.40. The number of alkyl halides is 3. The van der Waals surface area contributed by atoms with E-state index in [-0.39, 0.29) is 11.8 Å². The van der Waals surface area contributed by atoms with Crippen LogP contribution in [0.1, 0.15) is 29.0 Å². The summed E-state index contributed by atoms with van der Waals surface area (Å²) in [6.45, 7) is 0. The Balaban J connectivity index is 1.71. The molecule has 2 aromatic carbocycles. The highest BCUT2D eigenvalue weighted by atomic mass is 19.4. The van der Waals surface area contributed by atoms with Gasteiger partial charge in [-0.3, -0.25) is 4.79 Å². The topological polar surface area (TPSA) is 20.3 Å². The third-order valence-corrected chi connectivity index (χ3v) is 5.03. The Bertz CT molecular complexity index is 797. The van der Waals surface area contributed by atoms with Gasteiger partial charge in [0.05, 0.1) is 11.0 Å². The standard InChI is InChI=1S/C18H14F3NO/c1-22-15-5-3-2-4-13(15)17(16(22)23)10-14(17)11-6-8-12(9-7-11)18(19,20)21/h2-9,14H,10H2,1H3/t14-,17-/m1/s1. The maximum Gasteiger partial charge on any atom is 0.416 e. The highest BCUT2D eigenvalue weighted by Crippen LogP contribution is 2.66. The van der Waals surface area contributed by atoms with Crippen LogP contribution >= 0.6 is 0 Å². The summed E-state index contributed by atoms with van der Waals surface area (Å²) >= 11 is 0. The predicted molar refractivity (Wildman–Crippen MR) is 80.3 cm³/mol. The summed E-state index contributed by atoms with van der Waals surface area (Å²) in [4.78, 5) is 14.4. The second-order valence-corrected chi connectivity index (χ2v) is 6.23. The number of likely N-dealkylation sites (N-methyl/N-ethyl adjacent to an activating group) is 1. The molecule has 23 heavy (non-hydrogen) atoms. The summed E-state index contributed by atoms with van der Waals surface area (Å²) < 4.78 is 38.0. The van der Waals surface area contributed by atoms with Crippen LogP contribution in [-0.4, -0.2) is 13.0 Å². The minimum absolute atomic E-state index is 0.0311. The van der Waals surface area contributed by atoms with Crippen LogP contribution in [0.15, 0.2) is 48.5 Å². The third kappa shape index (κ3) is 1.85. The van der Waals surface area contributed by atoms with Gasteiger partial charge in [-0.25, -0.2) is 0 Å². The Kier molecular flexibility index (Phi) is 2.72. The van der Waals surface area contributed by atoms with Crippen molar-refractivity contribution in [1.29, 1.82) is 0 Å². The molecule has 1 fully saturated rings. The highest BCUT2D eigenvalue weighted by molar-refractivity contribution is 6.11. The Morgan fingerprint density at radius 3 is 2.39 bits per heavy atom. The number of para-hydroxylation sites is 1. The Morgan fingerprint density at radius 2 is 1.74 bits per heavy atom. The largest absolute Gasteiger partial charge is 0.416 e. The van der Waals surface area contributed by atoms with E-state index in [1.165, 1.54) is 12.1 Å². The molecule has 0 radical (unpaired) electrons. The summed E-state index contributed by atoms with van der Waals surface area (Å²) in [5, 5.41) is 0. The predicted octanol–water partition coefficient (Wildman–Crippen LogP) is 4.11. The van der Waals surface area contributed by atoms with Crippen LogP contribution in [0.2, 0.25) is 0 Å². The number of amides is 1. The molecule has 0 aromatic heterocycles. The van der Waals surface area contributed by atoms with Crippen molar-refractivity contribution in [3.05, 3.63) is 65.2 Å². The maximum atomic E-state index is 12.7. The van der Waals surface area contributed by atoms with Crippen LogP contribution in [0.25, 0.3) is 0 Å². The molecule has 118 valence electrons. The van der Waals surface area contributed by atoms with E-state index in [4.69, 9.17) is 0 Å². The fourth-order valence-corrected chi connectivity index (χ4v) is 3.77. The van der Waals surface area contributed by atoms with Crippen molar-refractivity contribution in [1.82, 2.24) is 0 Å². The van der Waals surface area contributed by atoms with Gasteiger partial charge in [-0.2, -0.15) is 13.2 Å². The average Bonchev–Trinajstić information content (AvgIpc) is 3.25. The molecule has 1 heterocycles. The molecule has 1 amide bonds. The molecule has 2 atom stereocenters. The van der Waals surface area contributed by atoms with Crippen LogP contribution < -0.4 is 4.90 Å². The van der Waals surface area contributed by atoms with Gasteiger partial charge >= 0.3 is 6.18 Å². The van der Waals surface area contributed by atoms with Crippen molar-refractivity contribution in [2.45, 2.75) is 23.9 Å². The molecule has 2 nitrogen and oxygen atoms in total. The van der Waals surface area contributed by atoms with E-state index in [1.54, 1.807) is 11.9 Å². The molecule has 2 aromatic rings. The van der Waals surface area contributed by atoms with Gasteiger partial charge in [0.1, 0.15) is 0 Å². The van der Waals surface area contributed by atoms with E-state index in [2.05, 4.69) is 0 Å². The van der Waals surface area contributed by atoms with E-state index >= 15 is 0 Å². The second-order valence-electron chi connectivity index (χ2n) is 6.23. The zero-order valence-corrected chi connectivity index (χ0v) is 12.4. The lowest BCUT2D eigenvalue weighted by Gasteiger charge is -2.12. The third-order valence-electron chi connectivity index (χ3n) is 5.03. The molecular weight excluding hydrogens is 303 g/mol. The monoisotopic (exact) mass is 317 g/mol. The number of anilines is 1. The highest BCUT2D eigenvalue weighted by Gasteiger charge is 2.66. The molecule has 4 rings (SSSR count). The fraction of sp³-hybridized carbons (Fsp3) is 0.278. The second kappa shape index (κ2) is 4.37. The number of fused-ring (bicyclic) bond motifs is 2. The summed E-state index contributed by atoms with van der Waals surface area (Å²) in [5.74, 6) is -0.0213. The SMILES string of the molecule is CN1C(=O)[C@]2(C[C@@H]2c2ccc(C(F)(F)F)cc2)c2ccccc21. The maximum absolute atomic E-state index is 12.7. The van der Waals surface area contributed by atoms with Gasteiger partial charge in [0.25, 0.3) is 0 Å². The normalized spacial score (nSPS) is 25.8. The van der Waals surface area contributed by atoms with Gasteiger partial charge in [-0.1, -0.05) is 30.3 Å². The molecule has 1 aliphatic heterocycles. The number of nitrogens with zero attached hydrogens (tertiary/aromatic N) is 1. The quantitative estimate of drug-likeness (QED) is 0.775. The van der Waals surface area contributed by atoms with Gasteiger partial charge in [-0.05, 0) is 35.7 Å². The van der Waals surface area contributed by atoms with Gasteiger partial charge in [0, 0.05) is 18.7 Å². The molecular formula is C18H14F3NO. The van der Waals surface area contributed by atoms with Gasteiger partial charge in [0.15, 0.2) is 0 Å². The van der Waals surface area contributed by atoms with Crippen molar-refractivity contribution in [3.8, 4) is 0 Å². The molecule has 1 saturated carbocycles. The van der Waals surface area contributed by atoms with Crippen molar-refractivity contribution >= 4 is 11.6 Å². The van der Waals surface area contributed by atoms with Crippen LogP contribution in [0, 0.1) is 0 Å². The first kappa shape index (κ1) is 14.3. The number of hydrogen-bond donors (Lipinski definition) is 0. The smallest absolute Gasteiger partial charge is 0.314 e. The van der Waals surface area contributed by atoms with E-state index in [1.807, 2.05) is 24.3 Å². The molecule has 0 bridgehead atoms. The summed E-state index contributed by atoms with van der Waals surface area (Å²) in [5.41, 5.74) is 1.41. The molecule has 0 N–H and O–H groups in total. The minimum Gasteiger partial charge on any atom is -0.314 e. The molecule has 0 saturated heterocycles. The van der Waals surface area contributed by atoms with Crippen molar-refractivity contribution in [2.24, 2.45) is 0 Å².